The van der Waals surface area contributed by atoms with Crippen LogP contribution in [0.2, 0.25) is 0 Å². The number of nitrogens with one attached hydrogen (secondary N) is 1. The fourth-order valence-electron chi connectivity index (χ4n) is 1.32. The van der Waals surface area contributed by atoms with Gasteiger partial charge < -0.3 is 5.32 Å². The van der Waals surface area contributed by atoms with Crippen LogP contribution in [0.3, 0.4) is 0 Å². The molecule has 16 heavy (non-hydrogen) atoms. The standard InChI is InChI=1S/C10H16F3N3/c1-3-16-7-9(6-15-16)8(2)14-5-4-10(11,12)13/h6-8,14H,3-5H2,1-2H3. The molecule has 1 aromatic heterocycles. The van der Waals surface area contributed by atoms with Crippen LogP contribution in [0.15, 0.2) is 12.4 Å². The molecular formula is C10H16F3N3. The summed E-state index contributed by atoms with van der Waals surface area (Å²) < 4.78 is 37.5. The maximum Gasteiger partial charge on any atom is 0.390 e. The van der Waals surface area contributed by atoms with Gasteiger partial charge in [0.25, 0.3) is 0 Å². The summed E-state index contributed by atoms with van der Waals surface area (Å²) in [6.07, 6.45) is -1.39. The lowest BCUT2D eigenvalue weighted by atomic mass is 10.2. The number of hydrogen-bond acceptors (Lipinski definition) is 2. The van der Waals surface area contributed by atoms with Gasteiger partial charge in [-0.3, -0.25) is 4.68 Å². The number of halogens is 3. The molecule has 0 amide bonds. The topological polar surface area (TPSA) is 29.9 Å². The van der Waals surface area contributed by atoms with Crippen LogP contribution in [0.4, 0.5) is 13.2 Å². The third kappa shape index (κ3) is 4.22. The molecule has 3 nitrogen and oxygen atoms in total. The lowest BCUT2D eigenvalue weighted by Crippen LogP contribution is -2.24. The maximum atomic E-state index is 11.9. The van der Waals surface area contributed by atoms with Crippen LogP contribution >= 0.6 is 0 Å². The summed E-state index contributed by atoms with van der Waals surface area (Å²) in [5.74, 6) is 0. The first-order valence-corrected chi connectivity index (χ1v) is 5.25. The van der Waals surface area contributed by atoms with Crippen LogP contribution in [-0.4, -0.2) is 22.5 Å². The molecule has 1 N–H and O–H groups in total. The van der Waals surface area contributed by atoms with Gasteiger partial charge in [-0.25, -0.2) is 0 Å². The number of aromatic nitrogens is 2. The first kappa shape index (κ1) is 13.0. The van der Waals surface area contributed by atoms with Crippen molar-refractivity contribution in [1.29, 1.82) is 0 Å². The van der Waals surface area contributed by atoms with Gasteiger partial charge >= 0.3 is 6.18 Å². The van der Waals surface area contributed by atoms with Crippen LogP contribution in [0.1, 0.15) is 31.9 Å². The zero-order chi connectivity index (χ0) is 12.2. The van der Waals surface area contributed by atoms with E-state index in [0.29, 0.717) is 0 Å². The van der Waals surface area contributed by atoms with E-state index in [4.69, 9.17) is 0 Å². The quantitative estimate of drug-likeness (QED) is 0.849. The Morgan fingerprint density at radius 1 is 1.50 bits per heavy atom. The van der Waals surface area contributed by atoms with Gasteiger partial charge in [-0.15, -0.1) is 0 Å². The Hall–Kier alpha value is -1.04. The van der Waals surface area contributed by atoms with Crippen molar-refractivity contribution < 1.29 is 13.2 Å². The Bertz CT molecular complexity index is 319. The summed E-state index contributed by atoms with van der Waals surface area (Å²) in [6, 6.07) is -0.109. The van der Waals surface area contributed by atoms with E-state index in [0.717, 1.165) is 12.1 Å². The number of alkyl halides is 3. The van der Waals surface area contributed by atoms with Crippen molar-refractivity contribution in [2.45, 2.75) is 39.0 Å². The molecule has 0 radical (unpaired) electrons. The number of aryl methyl sites for hydroxylation is 1. The summed E-state index contributed by atoms with van der Waals surface area (Å²) in [4.78, 5) is 0. The van der Waals surface area contributed by atoms with Crippen LogP contribution in [-0.2, 0) is 6.54 Å². The molecule has 0 aliphatic carbocycles. The summed E-state index contributed by atoms with van der Waals surface area (Å²) in [6.45, 7) is 4.48. The Labute approximate surface area is 92.6 Å². The van der Waals surface area contributed by atoms with Gasteiger partial charge in [-0.2, -0.15) is 18.3 Å². The SMILES string of the molecule is CCn1cc(C(C)NCCC(F)(F)F)cn1. The fourth-order valence-corrected chi connectivity index (χ4v) is 1.32. The van der Waals surface area contributed by atoms with E-state index in [1.807, 2.05) is 20.0 Å². The Balaban J connectivity index is 2.37. The molecule has 0 aliphatic rings. The molecule has 0 aliphatic heterocycles. The van der Waals surface area contributed by atoms with E-state index in [1.54, 1.807) is 10.9 Å². The Morgan fingerprint density at radius 2 is 2.19 bits per heavy atom. The number of rotatable bonds is 5. The molecule has 1 rings (SSSR count). The van der Waals surface area contributed by atoms with Crippen molar-refractivity contribution in [2.75, 3.05) is 6.54 Å². The highest BCUT2D eigenvalue weighted by atomic mass is 19.4. The summed E-state index contributed by atoms with van der Waals surface area (Å²) in [5.41, 5.74) is 0.907. The van der Waals surface area contributed by atoms with Gasteiger partial charge in [0.2, 0.25) is 0 Å². The molecule has 1 unspecified atom stereocenters. The molecule has 1 heterocycles. The average molecular weight is 235 g/mol. The lowest BCUT2D eigenvalue weighted by Gasteiger charge is -2.12. The molecule has 0 bridgehead atoms. The highest BCUT2D eigenvalue weighted by Crippen LogP contribution is 2.19. The normalized spacial score (nSPS) is 14.1. The van der Waals surface area contributed by atoms with Crippen LogP contribution in [0.25, 0.3) is 0 Å². The van der Waals surface area contributed by atoms with Crippen molar-refractivity contribution in [2.24, 2.45) is 0 Å². The van der Waals surface area contributed by atoms with Crippen molar-refractivity contribution in [1.82, 2.24) is 15.1 Å². The lowest BCUT2D eigenvalue weighted by molar-refractivity contribution is -0.133. The van der Waals surface area contributed by atoms with Gasteiger partial charge in [-0.05, 0) is 13.8 Å². The minimum Gasteiger partial charge on any atom is -0.310 e. The van der Waals surface area contributed by atoms with Gasteiger partial charge in [-0.1, -0.05) is 0 Å². The third-order valence-electron chi connectivity index (χ3n) is 2.34. The molecule has 1 atom stereocenters. The highest BCUT2D eigenvalue weighted by molar-refractivity contribution is 5.08. The average Bonchev–Trinajstić information content (AvgIpc) is 2.63. The minimum absolute atomic E-state index is 0.0675. The van der Waals surface area contributed by atoms with Crippen molar-refractivity contribution in [3.8, 4) is 0 Å². The van der Waals surface area contributed by atoms with Crippen LogP contribution in [0, 0.1) is 0 Å². The van der Waals surface area contributed by atoms with Crippen LogP contribution in [0.5, 0.6) is 0 Å². The molecular weight excluding hydrogens is 219 g/mol. The van der Waals surface area contributed by atoms with Crippen LogP contribution < -0.4 is 5.32 Å². The molecule has 0 saturated carbocycles. The zero-order valence-corrected chi connectivity index (χ0v) is 9.38. The number of nitrogens with zero attached hydrogens (tertiary/aromatic N) is 2. The molecule has 1 aromatic rings. The molecule has 0 spiro atoms. The predicted molar refractivity (Wildman–Crippen MR) is 55.0 cm³/mol. The van der Waals surface area contributed by atoms with Gasteiger partial charge in [0, 0.05) is 30.9 Å². The molecule has 92 valence electrons. The minimum atomic E-state index is -4.10. The van der Waals surface area contributed by atoms with E-state index in [9.17, 15) is 13.2 Å². The van der Waals surface area contributed by atoms with Gasteiger partial charge in [0.05, 0.1) is 12.6 Å². The van der Waals surface area contributed by atoms with E-state index >= 15 is 0 Å². The number of hydrogen-bond donors (Lipinski definition) is 1. The Morgan fingerprint density at radius 3 is 2.69 bits per heavy atom. The molecule has 0 fully saturated rings. The molecule has 6 heteroatoms. The highest BCUT2D eigenvalue weighted by Gasteiger charge is 2.26. The molecule has 0 aromatic carbocycles. The second-order valence-electron chi connectivity index (χ2n) is 3.67. The second kappa shape index (κ2) is 5.34. The van der Waals surface area contributed by atoms with Crippen molar-refractivity contribution >= 4 is 0 Å². The van der Waals surface area contributed by atoms with E-state index in [2.05, 4.69) is 10.4 Å². The summed E-state index contributed by atoms with van der Waals surface area (Å²) in [7, 11) is 0. The Kier molecular flexibility index (Phi) is 4.35. The van der Waals surface area contributed by atoms with E-state index in [1.165, 1.54) is 0 Å². The first-order chi connectivity index (χ1) is 7.42. The largest absolute Gasteiger partial charge is 0.390 e. The zero-order valence-electron chi connectivity index (χ0n) is 9.38. The van der Waals surface area contributed by atoms with E-state index in [-0.39, 0.29) is 12.6 Å². The second-order valence-corrected chi connectivity index (χ2v) is 3.67. The summed E-state index contributed by atoms with van der Waals surface area (Å²) in [5, 5.41) is 6.89. The third-order valence-corrected chi connectivity index (χ3v) is 2.34. The maximum absolute atomic E-state index is 11.9. The molecule has 0 saturated heterocycles. The first-order valence-electron chi connectivity index (χ1n) is 5.25. The fraction of sp³-hybridized carbons (Fsp3) is 0.700. The predicted octanol–water partition coefficient (Wildman–Crippen LogP) is 2.51. The monoisotopic (exact) mass is 235 g/mol. The van der Waals surface area contributed by atoms with Gasteiger partial charge in [0.1, 0.15) is 0 Å². The summed E-state index contributed by atoms with van der Waals surface area (Å²) >= 11 is 0. The van der Waals surface area contributed by atoms with Crippen molar-refractivity contribution in [3.63, 3.8) is 0 Å². The van der Waals surface area contributed by atoms with Gasteiger partial charge in [0.15, 0.2) is 0 Å². The van der Waals surface area contributed by atoms with Crippen molar-refractivity contribution in [3.05, 3.63) is 18.0 Å². The smallest absolute Gasteiger partial charge is 0.310 e. The van der Waals surface area contributed by atoms with E-state index < -0.39 is 12.6 Å².